The normalized spacial score (nSPS) is 54.1. The minimum atomic E-state index is -0.239. The van der Waals surface area contributed by atoms with Crippen molar-refractivity contribution >= 4 is 5.97 Å². The maximum absolute atomic E-state index is 11.6. The lowest BCUT2D eigenvalue weighted by molar-refractivity contribution is -0.210. The highest BCUT2D eigenvalue weighted by atomic mass is 16.6. The van der Waals surface area contributed by atoms with Gasteiger partial charge in [0, 0.05) is 24.2 Å². The maximum Gasteiger partial charge on any atom is 0.302 e. The van der Waals surface area contributed by atoms with Crippen LogP contribution in [-0.4, -0.2) is 36.5 Å². The summed E-state index contributed by atoms with van der Waals surface area (Å²) in [6.07, 6.45) is 5.23. The minimum absolute atomic E-state index is 0.0455. The second kappa shape index (κ2) is 3.90. The molecule has 6 atom stereocenters. The van der Waals surface area contributed by atoms with Gasteiger partial charge in [0.1, 0.15) is 11.7 Å². The van der Waals surface area contributed by atoms with Gasteiger partial charge in [0.2, 0.25) is 0 Å². The van der Waals surface area contributed by atoms with Gasteiger partial charge in [-0.15, -0.1) is 0 Å². The van der Waals surface area contributed by atoms with Crippen molar-refractivity contribution in [3.05, 3.63) is 11.6 Å². The van der Waals surface area contributed by atoms with E-state index >= 15 is 0 Å². The topological polar surface area (TPSA) is 48.1 Å². The van der Waals surface area contributed by atoms with Crippen molar-refractivity contribution in [1.29, 1.82) is 0 Å². The lowest BCUT2D eigenvalue weighted by Crippen LogP contribution is -2.63. The highest BCUT2D eigenvalue weighted by Crippen LogP contribution is 2.71. The molecule has 1 saturated carbocycles. The van der Waals surface area contributed by atoms with Crippen LogP contribution in [0.15, 0.2) is 11.6 Å². The molecule has 2 aliphatic heterocycles. The fraction of sp³-hybridized carbons (Fsp3) is 0.824. The van der Waals surface area contributed by atoms with Gasteiger partial charge in [-0.05, 0) is 19.8 Å². The second-order valence-corrected chi connectivity index (χ2v) is 7.69. The third-order valence-electron chi connectivity index (χ3n) is 6.83. The summed E-state index contributed by atoms with van der Waals surface area (Å²) in [7, 11) is 0. The Morgan fingerprint density at radius 1 is 1.43 bits per heavy atom. The molecule has 1 spiro atoms. The second-order valence-electron chi connectivity index (χ2n) is 7.69. The number of carbonyl (C=O) groups is 1. The third-order valence-corrected chi connectivity index (χ3v) is 6.83. The van der Waals surface area contributed by atoms with Crippen molar-refractivity contribution in [3.8, 4) is 0 Å². The molecular formula is C17H24O4. The van der Waals surface area contributed by atoms with Crippen LogP contribution >= 0.6 is 0 Å². The van der Waals surface area contributed by atoms with Crippen LogP contribution in [0.1, 0.15) is 47.0 Å². The van der Waals surface area contributed by atoms with E-state index in [1.807, 2.05) is 0 Å². The molecule has 2 saturated heterocycles. The molecule has 0 aromatic heterocycles. The molecule has 0 radical (unpaired) electrons. The number of rotatable bonds is 1. The van der Waals surface area contributed by atoms with Crippen LogP contribution in [0.2, 0.25) is 0 Å². The Balaban J connectivity index is 1.82. The number of carbonyl (C=O) groups excluding carboxylic acids is 1. The van der Waals surface area contributed by atoms with Gasteiger partial charge in [0.25, 0.3) is 0 Å². The smallest absolute Gasteiger partial charge is 0.302 e. The number of hydrogen-bond donors (Lipinski definition) is 0. The van der Waals surface area contributed by atoms with Crippen molar-refractivity contribution in [1.82, 2.24) is 0 Å². The lowest BCUT2D eigenvalue weighted by atomic mass is 9.52. The predicted molar refractivity (Wildman–Crippen MR) is 76.7 cm³/mol. The van der Waals surface area contributed by atoms with Crippen LogP contribution in [-0.2, 0) is 19.0 Å². The van der Waals surface area contributed by atoms with Gasteiger partial charge in [-0.2, -0.15) is 0 Å². The molecule has 3 fully saturated rings. The first-order valence-electron chi connectivity index (χ1n) is 7.97. The Hall–Kier alpha value is -0.870. The molecule has 4 rings (SSSR count). The number of epoxide rings is 1. The molecule has 2 bridgehead atoms. The number of esters is 1. The van der Waals surface area contributed by atoms with Crippen LogP contribution in [0.25, 0.3) is 0 Å². The Labute approximate surface area is 125 Å². The Kier molecular flexibility index (Phi) is 2.56. The molecular weight excluding hydrogens is 268 g/mol. The maximum atomic E-state index is 11.6. The quantitative estimate of drug-likeness (QED) is 0.423. The van der Waals surface area contributed by atoms with Crippen LogP contribution in [0.4, 0.5) is 0 Å². The fourth-order valence-corrected chi connectivity index (χ4v) is 5.22. The van der Waals surface area contributed by atoms with Gasteiger partial charge in [0.15, 0.2) is 0 Å². The van der Waals surface area contributed by atoms with Crippen LogP contribution < -0.4 is 0 Å². The van der Waals surface area contributed by atoms with E-state index in [0.717, 1.165) is 25.9 Å². The van der Waals surface area contributed by atoms with Gasteiger partial charge < -0.3 is 14.2 Å². The Morgan fingerprint density at radius 3 is 2.76 bits per heavy atom. The summed E-state index contributed by atoms with van der Waals surface area (Å²) < 4.78 is 18.1. The Bertz CT molecular complexity index is 535. The van der Waals surface area contributed by atoms with Crippen molar-refractivity contribution in [3.63, 3.8) is 0 Å². The van der Waals surface area contributed by atoms with E-state index in [-0.39, 0.29) is 40.7 Å². The predicted octanol–water partition coefficient (Wildman–Crippen LogP) is 2.61. The van der Waals surface area contributed by atoms with Gasteiger partial charge in [0.05, 0.1) is 18.8 Å². The summed E-state index contributed by atoms with van der Waals surface area (Å²) in [5.41, 5.74) is 0.946. The molecule has 2 heterocycles. The molecule has 2 aliphatic carbocycles. The summed E-state index contributed by atoms with van der Waals surface area (Å²) in [5, 5.41) is 0. The standard InChI is InChI=1S/C17H24O4/c1-10-5-6-15(3)12(7-10)21-14-8-13(20-11(2)18)16(15,4)17(14)9-19-17/h7,12-14H,5-6,8-9H2,1-4H3/t12?,13?,14-,15+,16-,17-/m1/s1. The third kappa shape index (κ3) is 1.45. The van der Waals surface area contributed by atoms with Crippen molar-refractivity contribution < 1.29 is 19.0 Å². The molecule has 116 valence electrons. The van der Waals surface area contributed by atoms with Crippen molar-refractivity contribution in [2.45, 2.75) is 70.9 Å². The summed E-state index contributed by atoms with van der Waals surface area (Å²) >= 11 is 0. The highest BCUT2D eigenvalue weighted by molar-refractivity contribution is 5.66. The largest absolute Gasteiger partial charge is 0.462 e. The first-order valence-corrected chi connectivity index (χ1v) is 7.97. The van der Waals surface area contributed by atoms with Crippen molar-refractivity contribution in [2.75, 3.05) is 6.61 Å². The molecule has 4 heteroatoms. The number of hydrogen-bond acceptors (Lipinski definition) is 4. The fourth-order valence-electron chi connectivity index (χ4n) is 5.22. The van der Waals surface area contributed by atoms with Gasteiger partial charge in [-0.3, -0.25) is 4.79 Å². The van der Waals surface area contributed by atoms with E-state index in [9.17, 15) is 4.79 Å². The lowest BCUT2D eigenvalue weighted by Gasteiger charge is -2.57. The van der Waals surface area contributed by atoms with Crippen LogP contribution in [0.3, 0.4) is 0 Å². The van der Waals surface area contributed by atoms with Gasteiger partial charge in [-0.1, -0.05) is 25.5 Å². The SMILES string of the molecule is CC(=O)OC1C[C@H]2OC3C=C(C)CC[C@]3(C)[C@]1(C)[C@@]21CO1. The number of allylic oxidation sites excluding steroid dienone is 1. The monoisotopic (exact) mass is 292 g/mol. The van der Waals surface area contributed by atoms with E-state index in [1.54, 1.807) is 0 Å². The van der Waals surface area contributed by atoms with Crippen LogP contribution in [0, 0.1) is 10.8 Å². The molecule has 0 aromatic carbocycles. The number of ether oxygens (including phenoxy) is 3. The van der Waals surface area contributed by atoms with E-state index in [1.165, 1.54) is 12.5 Å². The summed E-state index contributed by atoms with van der Waals surface area (Å²) in [6, 6.07) is 0. The summed E-state index contributed by atoms with van der Waals surface area (Å²) in [5.74, 6) is -0.202. The van der Waals surface area contributed by atoms with Crippen LogP contribution in [0.5, 0.6) is 0 Å². The zero-order chi connectivity index (χ0) is 15.0. The summed E-state index contributed by atoms with van der Waals surface area (Å²) in [6.45, 7) is 8.96. The average Bonchev–Trinajstić information content (AvgIpc) is 3.16. The minimum Gasteiger partial charge on any atom is -0.462 e. The van der Waals surface area contributed by atoms with Gasteiger partial charge in [-0.25, -0.2) is 0 Å². The van der Waals surface area contributed by atoms with E-state index in [2.05, 4.69) is 26.8 Å². The average molecular weight is 292 g/mol. The van der Waals surface area contributed by atoms with E-state index in [0.29, 0.717) is 0 Å². The van der Waals surface area contributed by atoms with Gasteiger partial charge >= 0.3 is 5.97 Å². The molecule has 4 nitrogen and oxygen atoms in total. The molecule has 0 N–H and O–H groups in total. The van der Waals surface area contributed by atoms with E-state index < -0.39 is 0 Å². The first kappa shape index (κ1) is 13.8. The zero-order valence-electron chi connectivity index (χ0n) is 13.3. The molecule has 21 heavy (non-hydrogen) atoms. The first-order chi connectivity index (χ1) is 9.83. The van der Waals surface area contributed by atoms with E-state index in [4.69, 9.17) is 14.2 Å². The zero-order valence-corrected chi connectivity index (χ0v) is 13.3. The number of fused-ring (bicyclic) bond motifs is 2. The summed E-state index contributed by atoms with van der Waals surface area (Å²) in [4.78, 5) is 11.6. The Morgan fingerprint density at radius 2 is 2.14 bits per heavy atom. The molecule has 4 aliphatic rings. The molecule has 0 aromatic rings. The molecule has 0 amide bonds. The van der Waals surface area contributed by atoms with Crippen molar-refractivity contribution in [2.24, 2.45) is 10.8 Å². The highest BCUT2D eigenvalue weighted by Gasteiger charge is 2.81. The molecule has 2 unspecified atom stereocenters.